The highest BCUT2D eigenvalue weighted by Gasteiger charge is 2.15. The molecule has 0 bridgehead atoms. The van der Waals surface area contributed by atoms with Crippen LogP contribution in [0.1, 0.15) is 34.1 Å². The molecule has 0 spiro atoms. The van der Waals surface area contributed by atoms with Crippen molar-refractivity contribution in [2.75, 3.05) is 13.7 Å². The fourth-order valence-corrected chi connectivity index (χ4v) is 3.90. The molecule has 0 fully saturated rings. The van der Waals surface area contributed by atoms with Gasteiger partial charge in [-0.1, -0.05) is 54.1 Å². The van der Waals surface area contributed by atoms with Gasteiger partial charge in [-0.2, -0.15) is 0 Å². The number of carbonyl (C=O) groups excluding carboxylic acids is 1. The lowest BCUT2D eigenvalue weighted by Gasteiger charge is -2.13. The lowest BCUT2D eigenvalue weighted by atomic mass is 9.98. The van der Waals surface area contributed by atoms with Gasteiger partial charge in [0.05, 0.1) is 24.8 Å². The van der Waals surface area contributed by atoms with Crippen LogP contribution in [0.2, 0.25) is 0 Å². The number of aryl methyl sites for hydroxylation is 2. The lowest BCUT2D eigenvalue weighted by Crippen LogP contribution is -2.23. The van der Waals surface area contributed by atoms with E-state index in [4.69, 9.17) is 14.5 Å². The average molecular weight is 441 g/mol. The van der Waals surface area contributed by atoms with Gasteiger partial charge in [-0.25, -0.2) is 0 Å². The largest absolute Gasteiger partial charge is 0.493 e. The van der Waals surface area contributed by atoms with Crippen molar-refractivity contribution in [2.24, 2.45) is 0 Å². The summed E-state index contributed by atoms with van der Waals surface area (Å²) in [4.78, 5) is 18.0. The van der Waals surface area contributed by atoms with Crippen LogP contribution in [0.25, 0.3) is 22.0 Å². The topological polar surface area (TPSA) is 60.5 Å². The second kappa shape index (κ2) is 9.74. The number of ether oxygens (including phenoxy) is 2. The normalized spacial score (nSPS) is 10.8. The van der Waals surface area contributed by atoms with Crippen LogP contribution >= 0.6 is 0 Å². The summed E-state index contributed by atoms with van der Waals surface area (Å²) in [5.41, 5.74) is 6.47. The van der Waals surface area contributed by atoms with Crippen molar-refractivity contribution in [3.8, 4) is 22.6 Å². The van der Waals surface area contributed by atoms with E-state index in [-0.39, 0.29) is 5.91 Å². The summed E-state index contributed by atoms with van der Waals surface area (Å²) in [6.07, 6.45) is 0. The van der Waals surface area contributed by atoms with Gasteiger partial charge in [-0.05, 0) is 50.1 Å². The molecule has 1 N–H and O–H groups in total. The van der Waals surface area contributed by atoms with Crippen molar-refractivity contribution in [1.29, 1.82) is 0 Å². The third-order valence-electron chi connectivity index (χ3n) is 5.56. The maximum absolute atomic E-state index is 13.2. The van der Waals surface area contributed by atoms with Gasteiger partial charge in [0.25, 0.3) is 5.91 Å². The van der Waals surface area contributed by atoms with Gasteiger partial charge in [0, 0.05) is 23.2 Å². The molecule has 0 unspecified atom stereocenters. The van der Waals surface area contributed by atoms with Gasteiger partial charge >= 0.3 is 0 Å². The predicted molar refractivity (Wildman–Crippen MR) is 132 cm³/mol. The molecule has 5 heteroatoms. The number of hydrogen-bond donors (Lipinski definition) is 1. The second-order valence-corrected chi connectivity index (χ2v) is 7.98. The number of fused-ring (bicyclic) bond motifs is 1. The molecular weight excluding hydrogens is 412 g/mol. The Bertz CT molecular complexity index is 1300. The fourth-order valence-electron chi connectivity index (χ4n) is 3.90. The SMILES string of the molecule is CCOc1ccc(CNC(=O)c2cc(C)nc3c(-c4ccc(C)cc4)cccc23)cc1OC. The third-order valence-corrected chi connectivity index (χ3v) is 5.56. The second-order valence-electron chi connectivity index (χ2n) is 7.98. The smallest absolute Gasteiger partial charge is 0.252 e. The van der Waals surface area contributed by atoms with Crippen LogP contribution in [0.3, 0.4) is 0 Å². The fraction of sp³-hybridized carbons (Fsp3) is 0.214. The van der Waals surface area contributed by atoms with E-state index in [0.29, 0.717) is 30.2 Å². The Morgan fingerprint density at radius 1 is 0.970 bits per heavy atom. The zero-order chi connectivity index (χ0) is 23.4. The molecule has 3 aromatic carbocycles. The van der Waals surface area contributed by atoms with E-state index in [1.165, 1.54) is 5.56 Å². The number of aromatic nitrogens is 1. The number of benzene rings is 3. The molecule has 4 rings (SSSR count). The van der Waals surface area contributed by atoms with Crippen LogP contribution in [0.15, 0.2) is 66.7 Å². The maximum atomic E-state index is 13.2. The van der Waals surface area contributed by atoms with Gasteiger partial charge in [0.15, 0.2) is 11.5 Å². The highest BCUT2D eigenvalue weighted by molar-refractivity contribution is 6.09. The van der Waals surface area contributed by atoms with Crippen LogP contribution in [0.4, 0.5) is 0 Å². The maximum Gasteiger partial charge on any atom is 0.252 e. The molecule has 1 heterocycles. The first-order valence-corrected chi connectivity index (χ1v) is 11.1. The number of nitrogens with one attached hydrogen (secondary N) is 1. The number of carbonyl (C=O) groups is 1. The number of rotatable bonds is 7. The Morgan fingerprint density at radius 2 is 1.76 bits per heavy atom. The minimum Gasteiger partial charge on any atom is -0.493 e. The van der Waals surface area contributed by atoms with E-state index in [0.717, 1.165) is 33.3 Å². The van der Waals surface area contributed by atoms with Gasteiger partial charge < -0.3 is 14.8 Å². The molecule has 0 aliphatic carbocycles. The van der Waals surface area contributed by atoms with Crippen molar-refractivity contribution < 1.29 is 14.3 Å². The first-order valence-electron chi connectivity index (χ1n) is 11.1. The molecule has 1 aromatic heterocycles. The van der Waals surface area contributed by atoms with Crippen molar-refractivity contribution in [3.05, 3.63) is 89.1 Å². The average Bonchev–Trinajstić information content (AvgIpc) is 2.83. The van der Waals surface area contributed by atoms with E-state index in [1.54, 1.807) is 7.11 Å². The van der Waals surface area contributed by atoms with Crippen LogP contribution in [0, 0.1) is 13.8 Å². The minimum absolute atomic E-state index is 0.139. The molecule has 5 nitrogen and oxygen atoms in total. The molecule has 0 radical (unpaired) electrons. The first kappa shape index (κ1) is 22.3. The molecule has 1 amide bonds. The lowest BCUT2D eigenvalue weighted by molar-refractivity contribution is 0.0952. The van der Waals surface area contributed by atoms with Crippen LogP contribution < -0.4 is 14.8 Å². The number of para-hydroxylation sites is 1. The zero-order valence-electron chi connectivity index (χ0n) is 19.4. The molecule has 0 saturated carbocycles. The van der Waals surface area contributed by atoms with Gasteiger partial charge in [-0.3, -0.25) is 9.78 Å². The molecular formula is C28H28N2O3. The quantitative estimate of drug-likeness (QED) is 0.391. The van der Waals surface area contributed by atoms with Crippen LogP contribution in [-0.2, 0) is 6.54 Å². The number of amides is 1. The van der Waals surface area contributed by atoms with Crippen molar-refractivity contribution in [3.63, 3.8) is 0 Å². The Kier molecular flexibility index (Phi) is 6.59. The van der Waals surface area contributed by atoms with Gasteiger partial charge in [-0.15, -0.1) is 0 Å². The highest BCUT2D eigenvalue weighted by Crippen LogP contribution is 2.30. The van der Waals surface area contributed by atoms with E-state index in [1.807, 2.05) is 56.3 Å². The summed E-state index contributed by atoms with van der Waals surface area (Å²) in [6.45, 7) is 6.85. The van der Waals surface area contributed by atoms with Crippen molar-refractivity contribution in [1.82, 2.24) is 10.3 Å². The van der Waals surface area contributed by atoms with Crippen molar-refractivity contribution in [2.45, 2.75) is 27.3 Å². The standard InChI is InChI=1S/C28H28N2O3/c1-5-33-25-14-11-20(16-26(25)32-4)17-29-28(31)24-15-19(3)30-27-22(7-6-8-23(24)27)21-12-9-18(2)10-13-21/h6-16H,5,17H2,1-4H3,(H,29,31). The molecule has 0 aliphatic heterocycles. The van der Waals surface area contributed by atoms with Crippen LogP contribution in [-0.4, -0.2) is 24.6 Å². The molecule has 168 valence electrons. The summed E-state index contributed by atoms with van der Waals surface area (Å²) >= 11 is 0. The Morgan fingerprint density at radius 3 is 2.48 bits per heavy atom. The third kappa shape index (κ3) is 4.82. The van der Waals surface area contributed by atoms with E-state index in [9.17, 15) is 4.79 Å². The van der Waals surface area contributed by atoms with E-state index in [2.05, 4.69) is 36.5 Å². The number of nitrogens with zero attached hydrogens (tertiary/aromatic N) is 1. The Hall–Kier alpha value is -3.86. The van der Waals surface area contributed by atoms with Gasteiger partial charge in [0.1, 0.15) is 0 Å². The molecule has 0 atom stereocenters. The monoisotopic (exact) mass is 440 g/mol. The molecule has 0 aliphatic rings. The molecule has 4 aromatic rings. The summed E-state index contributed by atoms with van der Waals surface area (Å²) in [7, 11) is 1.61. The summed E-state index contributed by atoms with van der Waals surface area (Å²) in [5.74, 6) is 1.20. The summed E-state index contributed by atoms with van der Waals surface area (Å²) in [5, 5.41) is 3.87. The van der Waals surface area contributed by atoms with Crippen LogP contribution in [0.5, 0.6) is 11.5 Å². The minimum atomic E-state index is -0.139. The first-order chi connectivity index (χ1) is 16.0. The van der Waals surface area contributed by atoms with E-state index >= 15 is 0 Å². The summed E-state index contributed by atoms with van der Waals surface area (Å²) < 4.78 is 11.0. The summed E-state index contributed by atoms with van der Waals surface area (Å²) in [6, 6.07) is 21.9. The van der Waals surface area contributed by atoms with E-state index < -0.39 is 0 Å². The van der Waals surface area contributed by atoms with Crippen molar-refractivity contribution >= 4 is 16.8 Å². The number of hydrogen-bond acceptors (Lipinski definition) is 4. The number of methoxy groups -OCH3 is 1. The Balaban J connectivity index is 1.64. The molecule has 33 heavy (non-hydrogen) atoms. The molecule has 0 saturated heterocycles. The van der Waals surface area contributed by atoms with Gasteiger partial charge in [0.2, 0.25) is 0 Å². The number of pyridine rings is 1. The highest BCUT2D eigenvalue weighted by atomic mass is 16.5. The predicted octanol–water partition coefficient (Wildman–Crippen LogP) is 5.86. The zero-order valence-corrected chi connectivity index (χ0v) is 19.4. The Labute approximate surface area is 194 Å².